The number of aromatic nitrogens is 1. The number of aryl methyl sites for hydroxylation is 2. The molecule has 6 nitrogen and oxygen atoms in total. The highest BCUT2D eigenvalue weighted by molar-refractivity contribution is 7.11. The van der Waals surface area contributed by atoms with Gasteiger partial charge in [-0.15, -0.1) is 11.3 Å². The molecule has 0 spiro atoms. The monoisotopic (exact) mass is 360 g/mol. The summed E-state index contributed by atoms with van der Waals surface area (Å²) in [6, 6.07) is 6.03. The lowest BCUT2D eigenvalue weighted by atomic mass is 10.2. The zero-order chi connectivity index (χ0) is 17.6. The molecule has 2 aromatic rings. The Morgan fingerprint density at radius 2 is 1.92 bits per heavy atom. The van der Waals surface area contributed by atoms with Crippen LogP contribution < -0.4 is 20.1 Å². The summed E-state index contributed by atoms with van der Waals surface area (Å²) in [5.74, 6) is 2.38. The van der Waals surface area contributed by atoms with Crippen molar-refractivity contribution in [2.75, 3.05) is 20.3 Å². The number of hydrogen-bond donors (Lipinski definition) is 2. The van der Waals surface area contributed by atoms with E-state index in [1.54, 1.807) is 18.4 Å². The molecule has 1 aromatic heterocycles. The number of nitrogens with zero attached hydrogens (tertiary/aromatic N) is 2. The number of thiazole rings is 1. The maximum Gasteiger partial charge on any atom is 0.191 e. The van der Waals surface area contributed by atoms with Gasteiger partial charge in [-0.05, 0) is 31.5 Å². The fourth-order valence-corrected chi connectivity index (χ4v) is 3.37. The Hall–Kier alpha value is -2.28. The fourth-order valence-electron chi connectivity index (χ4n) is 2.50. The van der Waals surface area contributed by atoms with E-state index in [0.717, 1.165) is 40.1 Å². The van der Waals surface area contributed by atoms with Crippen LogP contribution in [0.1, 0.15) is 27.6 Å². The highest BCUT2D eigenvalue weighted by Gasteiger charge is 2.11. The summed E-state index contributed by atoms with van der Waals surface area (Å²) in [5, 5.41) is 7.68. The van der Waals surface area contributed by atoms with Crippen molar-refractivity contribution >= 4 is 17.3 Å². The molecule has 0 bridgehead atoms. The lowest BCUT2D eigenvalue weighted by molar-refractivity contribution is 0.297. The van der Waals surface area contributed by atoms with Crippen LogP contribution in [0.3, 0.4) is 0 Å². The zero-order valence-corrected chi connectivity index (χ0v) is 15.7. The number of rotatable bonds is 4. The SMILES string of the molecule is CN=C(NCc1ccc2c(c1)OCCCO2)NCc1nc(C)c(C)s1. The molecule has 7 heteroatoms. The molecule has 134 valence electrons. The molecule has 0 saturated carbocycles. The highest BCUT2D eigenvalue weighted by Crippen LogP contribution is 2.30. The minimum Gasteiger partial charge on any atom is -0.490 e. The van der Waals surface area contributed by atoms with Gasteiger partial charge in [0.25, 0.3) is 0 Å². The topological polar surface area (TPSA) is 67.8 Å². The molecule has 1 aromatic carbocycles. The van der Waals surface area contributed by atoms with E-state index in [1.807, 2.05) is 25.1 Å². The van der Waals surface area contributed by atoms with Crippen molar-refractivity contribution in [1.82, 2.24) is 15.6 Å². The second-order valence-electron chi connectivity index (χ2n) is 5.86. The van der Waals surface area contributed by atoms with Crippen LogP contribution in [0.25, 0.3) is 0 Å². The zero-order valence-electron chi connectivity index (χ0n) is 14.9. The number of hydrogen-bond acceptors (Lipinski definition) is 5. The van der Waals surface area contributed by atoms with Crippen molar-refractivity contribution in [2.45, 2.75) is 33.4 Å². The van der Waals surface area contributed by atoms with Crippen molar-refractivity contribution in [3.63, 3.8) is 0 Å². The van der Waals surface area contributed by atoms with E-state index >= 15 is 0 Å². The number of benzene rings is 1. The van der Waals surface area contributed by atoms with Gasteiger partial charge in [0, 0.05) is 24.9 Å². The van der Waals surface area contributed by atoms with E-state index in [-0.39, 0.29) is 0 Å². The van der Waals surface area contributed by atoms with Gasteiger partial charge in [-0.1, -0.05) is 6.07 Å². The first-order chi connectivity index (χ1) is 12.2. The largest absolute Gasteiger partial charge is 0.490 e. The van der Waals surface area contributed by atoms with E-state index in [9.17, 15) is 0 Å². The summed E-state index contributed by atoms with van der Waals surface area (Å²) in [6.45, 7) is 6.85. The normalized spacial score (nSPS) is 14.1. The Kier molecular flexibility index (Phi) is 5.75. The lowest BCUT2D eigenvalue weighted by Crippen LogP contribution is -2.36. The van der Waals surface area contributed by atoms with E-state index in [0.29, 0.717) is 26.3 Å². The summed E-state index contributed by atoms with van der Waals surface area (Å²) in [5.41, 5.74) is 2.21. The third kappa shape index (κ3) is 4.63. The second-order valence-corrected chi connectivity index (χ2v) is 7.15. The van der Waals surface area contributed by atoms with E-state index in [2.05, 4.69) is 27.5 Å². The molecule has 0 fully saturated rings. The second kappa shape index (κ2) is 8.20. The van der Waals surface area contributed by atoms with Crippen LogP contribution in [0.5, 0.6) is 11.5 Å². The molecule has 1 aliphatic heterocycles. The van der Waals surface area contributed by atoms with Gasteiger partial charge in [-0.2, -0.15) is 0 Å². The van der Waals surface area contributed by atoms with Gasteiger partial charge in [-0.3, -0.25) is 4.99 Å². The van der Waals surface area contributed by atoms with Crippen molar-refractivity contribution in [3.05, 3.63) is 39.3 Å². The third-order valence-electron chi connectivity index (χ3n) is 3.98. The summed E-state index contributed by atoms with van der Waals surface area (Å²) >= 11 is 1.71. The first kappa shape index (κ1) is 17.5. The molecule has 0 amide bonds. The predicted molar refractivity (Wildman–Crippen MR) is 101 cm³/mol. The van der Waals surface area contributed by atoms with Crippen LogP contribution in [0.15, 0.2) is 23.2 Å². The number of aliphatic imine (C=N–C) groups is 1. The van der Waals surface area contributed by atoms with Crippen LogP contribution >= 0.6 is 11.3 Å². The molecule has 25 heavy (non-hydrogen) atoms. The summed E-state index contributed by atoms with van der Waals surface area (Å²) in [7, 11) is 1.77. The highest BCUT2D eigenvalue weighted by atomic mass is 32.1. The maximum atomic E-state index is 5.74. The number of fused-ring (bicyclic) bond motifs is 1. The molecule has 0 atom stereocenters. The van der Waals surface area contributed by atoms with Crippen LogP contribution in [0.2, 0.25) is 0 Å². The van der Waals surface area contributed by atoms with Gasteiger partial charge in [0.1, 0.15) is 5.01 Å². The van der Waals surface area contributed by atoms with Gasteiger partial charge in [0.2, 0.25) is 0 Å². The first-order valence-corrected chi connectivity index (χ1v) is 9.23. The van der Waals surface area contributed by atoms with Gasteiger partial charge in [-0.25, -0.2) is 4.98 Å². The van der Waals surface area contributed by atoms with Gasteiger partial charge in [0.05, 0.1) is 25.5 Å². The Morgan fingerprint density at radius 1 is 1.16 bits per heavy atom. The Balaban J connectivity index is 1.55. The fraction of sp³-hybridized carbons (Fsp3) is 0.444. The smallest absolute Gasteiger partial charge is 0.191 e. The predicted octanol–water partition coefficient (Wildman–Crippen LogP) is 2.79. The lowest BCUT2D eigenvalue weighted by Gasteiger charge is -2.13. The van der Waals surface area contributed by atoms with Gasteiger partial charge in [0.15, 0.2) is 17.5 Å². The van der Waals surface area contributed by atoms with E-state index in [4.69, 9.17) is 9.47 Å². The quantitative estimate of drug-likeness (QED) is 0.648. The summed E-state index contributed by atoms with van der Waals surface area (Å²) in [4.78, 5) is 10.1. The van der Waals surface area contributed by atoms with Crippen LogP contribution in [0, 0.1) is 13.8 Å². The Labute approximate surface area is 152 Å². The number of guanidine groups is 1. The van der Waals surface area contributed by atoms with Crippen molar-refractivity contribution in [2.24, 2.45) is 4.99 Å². The average Bonchev–Trinajstić information content (AvgIpc) is 2.81. The average molecular weight is 360 g/mol. The molecule has 1 aliphatic rings. The molecule has 0 unspecified atom stereocenters. The van der Waals surface area contributed by atoms with Crippen molar-refractivity contribution < 1.29 is 9.47 Å². The number of nitrogens with one attached hydrogen (secondary N) is 2. The van der Waals surface area contributed by atoms with E-state index < -0.39 is 0 Å². The minimum absolute atomic E-state index is 0.659. The van der Waals surface area contributed by atoms with Crippen LogP contribution in [-0.2, 0) is 13.1 Å². The molecule has 2 N–H and O–H groups in total. The minimum atomic E-state index is 0.659. The third-order valence-corrected chi connectivity index (χ3v) is 5.05. The Bertz CT molecular complexity index is 738. The molecule has 0 radical (unpaired) electrons. The molecule has 0 aliphatic carbocycles. The van der Waals surface area contributed by atoms with Crippen LogP contribution in [0.4, 0.5) is 0 Å². The molecule has 2 heterocycles. The summed E-state index contributed by atoms with van der Waals surface area (Å²) in [6.07, 6.45) is 0.911. The van der Waals surface area contributed by atoms with Crippen LogP contribution in [-0.4, -0.2) is 31.2 Å². The molecule has 0 saturated heterocycles. The number of ether oxygens (including phenoxy) is 2. The Morgan fingerprint density at radius 3 is 2.64 bits per heavy atom. The van der Waals surface area contributed by atoms with E-state index in [1.165, 1.54) is 4.88 Å². The van der Waals surface area contributed by atoms with Crippen molar-refractivity contribution in [3.8, 4) is 11.5 Å². The summed E-state index contributed by atoms with van der Waals surface area (Å²) < 4.78 is 11.4. The van der Waals surface area contributed by atoms with Crippen molar-refractivity contribution in [1.29, 1.82) is 0 Å². The van der Waals surface area contributed by atoms with Gasteiger partial charge >= 0.3 is 0 Å². The molecular weight excluding hydrogens is 336 g/mol. The standard InChI is InChI=1S/C18H24N4O2S/c1-12-13(2)25-17(22-12)11-21-18(19-3)20-10-14-5-6-15-16(9-14)24-8-4-7-23-15/h5-6,9H,4,7-8,10-11H2,1-3H3,(H2,19,20,21). The first-order valence-electron chi connectivity index (χ1n) is 8.41. The molecule has 3 rings (SSSR count). The molecular formula is C18H24N4O2S. The van der Waals surface area contributed by atoms with Gasteiger partial charge < -0.3 is 20.1 Å². The maximum absolute atomic E-state index is 5.74.